The van der Waals surface area contributed by atoms with Crippen LogP contribution in [-0.2, 0) is 13.0 Å². The minimum absolute atomic E-state index is 0.635. The van der Waals surface area contributed by atoms with Crippen LogP contribution >= 0.6 is 15.9 Å². The van der Waals surface area contributed by atoms with Crippen molar-refractivity contribution >= 4 is 32.7 Å². The second-order valence-electron chi connectivity index (χ2n) is 4.20. The molecule has 1 N–H and O–H groups in total. The lowest BCUT2D eigenvalue weighted by molar-refractivity contribution is 0.495. The molecule has 0 saturated carbocycles. The van der Waals surface area contributed by atoms with Crippen molar-refractivity contribution in [2.45, 2.75) is 19.9 Å². The summed E-state index contributed by atoms with van der Waals surface area (Å²) in [6.07, 6.45) is 0.803. The largest absolute Gasteiger partial charge is 0.452 e. The van der Waals surface area contributed by atoms with Crippen LogP contribution in [0, 0.1) is 0 Å². The highest BCUT2D eigenvalue weighted by atomic mass is 79.9. The third-order valence-corrected chi connectivity index (χ3v) is 3.26. The summed E-state index contributed by atoms with van der Waals surface area (Å²) in [6, 6.07) is 9.70. The maximum absolute atomic E-state index is 5.57. The topological polar surface area (TPSA) is 51.2 Å². The van der Waals surface area contributed by atoms with Gasteiger partial charge >= 0.3 is 0 Å². The van der Waals surface area contributed by atoms with E-state index in [1.54, 1.807) is 0 Å². The van der Waals surface area contributed by atoms with E-state index in [2.05, 4.69) is 26.2 Å². The summed E-state index contributed by atoms with van der Waals surface area (Å²) < 4.78 is 11.7. The van der Waals surface area contributed by atoms with E-state index in [9.17, 15) is 0 Å². The van der Waals surface area contributed by atoms with E-state index in [1.165, 1.54) is 0 Å². The third kappa shape index (κ3) is 2.66. The van der Waals surface area contributed by atoms with Gasteiger partial charge in [0.1, 0.15) is 11.3 Å². The molecule has 0 aliphatic heterocycles. The summed E-state index contributed by atoms with van der Waals surface area (Å²) in [7, 11) is 0. The number of aryl methyl sites for hydroxylation is 1. The standard InChI is InChI=1S/C14H13BrN2O2/c1-2-14-17-11-7-9(3-5-12(11)19-14)16-8-10-4-6-13(15)18-10/h3-7,16H,2,8H2,1H3. The zero-order chi connectivity index (χ0) is 13.2. The van der Waals surface area contributed by atoms with Crippen LogP contribution in [0.5, 0.6) is 0 Å². The Morgan fingerprint density at radius 2 is 2.11 bits per heavy atom. The number of benzene rings is 1. The van der Waals surface area contributed by atoms with Crippen LogP contribution in [0.3, 0.4) is 0 Å². The molecule has 0 atom stereocenters. The third-order valence-electron chi connectivity index (χ3n) is 2.83. The summed E-state index contributed by atoms with van der Waals surface area (Å²) >= 11 is 3.28. The number of hydrogen-bond donors (Lipinski definition) is 1. The van der Waals surface area contributed by atoms with Gasteiger partial charge in [0.05, 0.1) is 6.54 Å². The fourth-order valence-electron chi connectivity index (χ4n) is 1.87. The van der Waals surface area contributed by atoms with Crippen LogP contribution in [0.1, 0.15) is 18.6 Å². The predicted molar refractivity (Wildman–Crippen MR) is 77.1 cm³/mol. The van der Waals surface area contributed by atoms with E-state index in [0.29, 0.717) is 6.54 Å². The lowest BCUT2D eigenvalue weighted by Crippen LogP contribution is -1.97. The fourth-order valence-corrected chi connectivity index (χ4v) is 2.21. The molecule has 1 aromatic carbocycles. The average Bonchev–Trinajstić information content (AvgIpc) is 3.01. The van der Waals surface area contributed by atoms with Gasteiger partial charge in [0.25, 0.3) is 0 Å². The molecule has 3 aromatic rings. The number of fused-ring (bicyclic) bond motifs is 1. The van der Waals surface area contributed by atoms with Gasteiger partial charge in [-0.2, -0.15) is 0 Å². The van der Waals surface area contributed by atoms with Crippen LogP contribution in [0.15, 0.2) is 43.8 Å². The van der Waals surface area contributed by atoms with Gasteiger partial charge in [-0.15, -0.1) is 0 Å². The fraction of sp³-hybridized carbons (Fsp3) is 0.214. The molecular weight excluding hydrogens is 308 g/mol. The monoisotopic (exact) mass is 320 g/mol. The Balaban J connectivity index is 1.77. The molecule has 2 aromatic heterocycles. The molecule has 0 bridgehead atoms. The molecule has 4 nitrogen and oxygen atoms in total. The number of rotatable bonds is 4. The molecule has 0 fully saturated rings. The van der Waals surface area contributed by atoms with E-state index in [0.717, 1.165) is 39.5 Å². The van der Waals surface area contributed by atoms with Gasteiger partial charge in [-0.05, 0) is 46.3 Å². The van der Waals surface area contributed by atoms with Gasteiger partial charge in [-0.3, -0.25) is 0 Å². The van der Waals surface area contributed by atoms with E-state index in [4.69, 9.17) is 8.83 Å². The molecule has 0 spiro atoms. The minimum atomic E-state index is 0.635. The maximum atomic E-state index is 5.57. The van der Waals surface area contributed by atoms with Crippen LogP contribution in [0.25, 0.3) is 11.1 Å². The quantitative estimate of drug-likeness (QED) is 0.776. The molecule has 0 aliphatic rings. The Kier molecular flexibility index (Phi) is 3.29. The minimum Gasteiger partial charge on any atom is -0.452 e. The second kappa shape index (κ2) is 5.09. The Labute approximate surface area is 118 Å². The van der Waals surface area contributed by atoms with Crippen molar-refractivity contribution in [1.82, 2.24) is 4.98 Å². The molecule has 0 radical (unpaired) electrons. The van der Waals surface area contributed by atoms with Gasteiger partial charge in [-0.1, -0.05) is 6.92 Å². The van der Waals surface area contributed by atoms with Crippen molar-refractivity contribution in [1.29, 1.82) is 0 Å². The molecule has 3 rings (SSSR count). The van der Waals surface area contributed by atoms with Gasteiger partial charge < -0.3 is 14.2 Å². The van der Waals surface area contributed by atoms with Crippen molar-refractivity contribution in [3.8, 4) is 0 Å². The first-order chi connectivity index (χ1) is 9.24. The zero-order valence-electron chi connectivity index (χ0n) is 10.4. The van der Waals surface area contributed by atoms with E-state index in [-0.39, 0.29) is 0 Å². The summed E-state index contributed by atoms with van der Waals surface area (Å²) in [6.45, 7) is 2.66. The van der Waals surface area contributed by atoms with Crippen LogP contribution in [0.4, 0.5) is 5.69 Å². The number of hydrogen-bond acceptors (Lipinski definition) is 4. The summed E-state index contributed by atoms with van der Waals surface area (Å²) in [5.74, 6) is 1.64. The number of furan rings is 1. The van der Waals surface area contributed by atoms with E-state index in [1.807, 2.05) is 37.3 Å². The molecule has 0 unspecified atom stereocenters. The lowest BCUT2D eigenvalue weighted by Gasteiger charge is -2.03. The van der Waals surface area contributed by atoms with Gasteiger partial charge in [0, 0.05) is 12.1 Å². The normalized spacial score (nSPS) is 11.1. The van der Waals surface area contributed by atoms with Gasteiger partial charge in [-0.25, -0.2) is 4.98 Å². The first kappa shape index (κ1) is 12.3. The van der Waals surface area contributed by atoms with Crippen LogP contribution < -0.4 is 5.32 Å². The summed E-state index contributed by atoms with van der Waals surface area (Å²) in [5, 5.41) is 3.30. The molecule has 5 heteroatoms. The number of anilines is 1. The van der Waals surface area contributed by atoms with Crippen LogP contribution in [0.2, 0.25) is 0 Å². The highest BCUT2D eigenvalue weighted by Gasteiger charge is 2.05. The average molecular weight is 321 g/mol. The smallest absolute Gasteiger partial charge is 0.195 e. The lowest BCUT2D eigenvalue weighted by atomic mass is 10.3. The second-order valence-corrected chi connectivity index (χ2v) is 4.98. The number of halogens is 1. The highest BCUT2D eigenvalue weighted by molar-refractivity contribution is 9.10. The molecule has 0 amide bonds. The van der Waals surface area contributed by atoms with Crippen molar-refractivity contribution in [3.05, 3.63) is 46.7 Å². The molecule has 0 aliphatic carbocycles. The van der Waals surface area contributed by atoms with Crippen molar-refractivity contribution in [2.75, 3.05) is 5.32 Å². The first-order valence-corrected chi connectivity index (χ1v) is 6.91. The Hall–Kier alpha value is -1.75. The van der Waals surface area contributed by atoms with E-state index >= 15 is 0 Å². The number of oxazole rings is 1. The Morgan fingerprint density at radius 3 is 2.84 bits per heavy atom. The van der Waals surface area contributed by atoms with Gasteiger partial charge in [0.2, 0.25) is 0 Å². The summed E-state index contributed by atoms with van der Waals surface area (Å²) in [4.78, 5) is 4.41. The molecule has 0 saturated heterocycles. The predicted octanol–water partition coefficient (Wildman–Crippen LogP) is 4.36. The first-order valence-electron chi connectivity index (χ1n) is 6.12. The number of aromatic nitrogens is 1. The zero-order valence-corrected chi connectivity index (χ0v) is 12.0. The number of nitrogens with one attached hydrogen (secondary N) is 1. The highest BCUT2D eigenvalue weighted by Crippen LogP contribution is 2.21. The Bertz CT molecular complexity index is 702. The van der Waals surface area contributed by atoms with Crippen molar-refractivity contribution in [3.63, 3.8) is 0 Å². The van der Waals surface area contributed by atoms with Gasteiger partial charge in [0.15, 0.2) is 16.1 Å². The van der Waals surface area contributed by atoms with Crippen molar-refractivity contribution in [2.24, 2.45) is 0 Å². The SMILES string of the molecule is CCc1nc2cc(NCc3ccc(Br)o3)ccc2o1. The Morgan fingerprint density at radius 1 is 1.21 bits per heavy atom. The maximum Gasteiger partial charge on any atom is 0.195 e. The van der Waals surface area contributed by atoms with E-state index < -0.39 is 0 Å². The molecular formula is C14H13BrN2O2. The number of nitrogens with zero attached hydrogens (tertiary/aromatic N) is 1. The van der Waals surface area contributed by atoms with Crippen molar-refractivity contribution < 1.29 is 8.83 Å². The summed E-state index contributed by atoms with van der Waals surface area (Å²) in [5.41, 5.74) is 2.70. The molecule has 2 heterocycles. The molecule has 19 heavy (non-hydrogen) atoms. The van der Waals surface area contributed by atoms with Crippen LogP contribution in [-0.4, -0.2) is 4.98 Å². The molecule has 98 valence electrons.